The molecule has 0 radical (unpaired) electrons. The fourth-order valence-corrected chi connectivity index (χ4v) is 5.59. The zero-order chi connectivity index (χ0) is 19.3. The van der Waals surface area contributed by atoms with Gasteiger partial charge in [0, 0.05) is 23.9 Å². The van der Waals surface area contributed by atoms with Crippen molar-refractivity contribution in [2.75, 3.05) is 11.9 Å². The zero-order valence-corrected chi connectivity index (χ0v) is 16.8. The van der Waals surface area contributed by atoms with E-state index < -0.39 is 20.3 Å². The lowest BCUT2D eigenvalue weighted by atomic mass is 9.98. The zero-order valence-electron chi connectivity index (χ0n) is 14.5. The molecular formula is C18H18Cl2N2O3S. The Balaban J connectivity index is 2.44. The molecule has 0 saturated carbocycles. The van der Waals surface area contributed by atoms with Gasteiger partial charge in [-0.05, 0) is 39.0 Å². The third-order valence-corrected chi connectivity index (χ3v) is 7.73. The van der Waals surface area contributed by atoms with Crippen molar-refractivity contribution in [1.29, 1.82) is 0 Å². The smallest absolute Gasteiger partial charge is 0.192 e. The van der Waals surface area contributed by atoms with Crippen LogP contribution in [0.3, 0.4) is 0 Å². The number of benzene rings is 1. The van der Waals surface area contributed by atoms with E-state index in [-0.39, 0.29) is 26.2 Å². The van der Waals surface area contributed by atoms with Crippen molar-refractivity contribution in [3.8, 4) is 0 Å². The van der Waals surface area contributed by atoms with Crippen LogP contribution < -0.4 is 5.32 Å². The number of halogens is 2. The highest BCUT2D eigenvalue weighted by atomic mass is 35.5. The molecule has 26 heavy (non-hydrogen) atoms. The Kier molecular flexibility index (Phi) is 4.71. The van der Waals surface area contributed by atoms with Crippen LogP contribution in [-0.2, 0) is 14.6 Å². The molecule has 0 aliphatic carbocycles. The largest absolute Gasteiger partial charge is 0.504 e. The highest BCUT2D eigenvalue weighted by Gasteiger charge is 2.48. The Morgan fingerprint density at radius 2 is 1.92 bits per heavy atom. The molecule has 0 spiro atoms. The quantitative estimate of drug-likeness (QED) is 0.751. The summed E-state index contributed by atoms with van der Waals surface area (Å²) in [5.74, 6) is -0.447. The predicted octanol–water partition coefficient (Wildman–Crippen LogP) is 4.87. The third kappa shape index (κ3) is 2.59. The molecule has 2 aromatic rings. The summed E-state index contributed by atoms with van der Waals surface area (Å²) in [5.41, 5.74) is 1.25. The number of rotatable bonds is 3. The number of pyridine rings is 1. The molecule has 3 rings (SSSR count). The van der Waals surface area contributed by atoms with Crippen molar-refractivity contribution in [3.05, 3.63) is 57.3 Å². The predicted molar refractivity (Wildman–Crippen MR) is 106 cm³/mol. The molecular weight excluding hydrogens is 395 g/mol. The SMILES string of the molecule is CCNc1ccc(Cl)c(C2=C(O)c3ncccc3C(C)(C)S2(=O)=O)c1Cl. The van der Waals surface area contributed by atoms with Gasteiger partial charge in [-0.2, -0.15) is 0 Å². The molecule has 2 heterocycles. The maximum atomic E-state index is 13.4. The molecule has 5 nitrogen and oxygen atoms in total. The third-order valence-electron chi connectivity index (χ3n) is 4.52. The first-order chi connectivity index (χ1) is 12.1. The van der Waals surface area contributed by atoms with E-state index in [1.54, 1.807) is 38.1 Å². The monoisotopic (exact) mass is 412 g/mol. The van der Waals surface area contributed by atoms with Gasteiger partial charge in [-0.1, -0.05) is 29.3 Å². The fraction of sp³-hybridized carbons (Fsp3) is 0.278. The van der Waals surface area contributed by atoms with Crippen molar-refractivity contribution in [1.82, 2.24) is 4.98 Å². The maximum absolute atomic E-state index is 13.4. The van der Waals surface area contributed by atoms with E-state index in [2.05, 4.69) is 10.3 Å². The summed E-state index contributed by atoms with van der Waals surface area (Å²) in [6, 6.07) is 6.50. The van der Waals surface area contributed by atoms with Crippen molar-refractivity contribution in [3.63, 3.8) is 0 Å². The number of aliphatic hydroxyl groups excluding tert-OH is 1. The molecule has 0 bridgehead atoms. The second-order valence-electron chi connectivity index (χ2n) is 6.41. The number of hydrogen-bond donors (Lipinski definition) is 2. The topological polar surface area (TPSA) is 79.3 Å². The molecule has 0 unspecified atom stereocenters. The van der Waals surface area contributed by atoms with Gasteiger partial charge < -0.3 is 10.4 Å². The van der Waals surface area contributed by atoms with E-state index in [0.717, 1.165) is 0 Å². The van der Waals surface area contributed by atoms with Gasteiger partial charge in [0.1, 0.15) is 10.6 Å². The summed E-state index contributed by atoms with van der Waals surface area (Å²) in [6.45, 7) is 5.63. The van der Waals surface area contributed by atoms with Crippen LogP contribution in [-0.4, -0.2) is 25.1 Å². The molecule has 1 aliphatic rings. The Bertz CT molecular complexity index is 1030. The van der Waals surface area contributed by atoms with E-state index in [4.69, 9.17) is 23.2 Å². The highest BCUT2D eigenvalue weighted by molar-refractivity contribution is 8.01. The Morgan fingerprint density at radius 1 is 1.23 bits per heavy atom. The summed E-state index contributed by atoms with van der Waals surface area (Å²) < 4.78 is 25.5. The average Bonchev–Trinajstić information content (AvgIpc) is 2.59. The lowest BCUT2D eigenvalue weighted by molar-refractivity contribution is 0.501. The highest BCUT2D eigenvalue weighted by Crippen LogP contribution is 2.51. The molecule has 2 N–H and O–H groups in total. The number of anilines is 1. The lowest BCUT2D eigenvalue weighted by Gasteiger charge is -2.33. The number of aromatic nitrogens is 1. The van der Waals surface area contributed by atoms with Crippen LogP contribution in [0.5, 0.6) is 0 Å². The van der Waals surface area contributed by atoms with E-state index >= 15 is 0 Å². The first-order valence-corrected chi connectivity index (χ1v) is 10.2. The second kappa shape index (κ2) is 6.44. The Morgan fingerprint density at radius 3 is 2.58 bits per heavy atom. The summed E-state index contributed by atoms with van der Waals surface area (Å²) in [6.07, 6.45) is 1.50. The molecule has 1 aromatic carbocycles. The van der Waals surface area contributed by atoms with Gasteiger partial charge in [0.2, 0.25) is 0 Å². The first-order valence-electron chi connectivity index (χ1n) is 8.00. The van der Waals surface area contributed by atoms with E-state index in [1.165, 1.54) is 6.20 Å². The van der Waals surface area contributed by atoms with Crippen LogP contribution in [0.25, 0.3) is 10.7 Å². The second-order valence-corrected chi connectivity index (χ2v) is 9.63. The summed E-state index contributed by atoms with van der Waals surface area (Å²) in [7, 11) is -4.00. The number of nitrogens with one attached hydrogen (secondary N) is 1. The standard InChI is InChI=1S/C18H18Cl2N2O3S/c1-4-21-12-8-7-11(19)13(14(12)20)17-16(23)15-10(6-5-9-22-15)18(2,3)26(17,24)25/h5-9,21,23H,4H2,1-3H3. The molecule has 0 fully saturated rings. The Hall–Kier alpha value is -1.76. The van der Waals surface area contributed by atoms with E-state index in [1.807, 2.05) is 6.92 Å². The normalized spacial score (nSPS) is 17.7. The van der Waals surface area contributed by atoms with Gasteiger partial charge in [0.15, 0.2) is 15.6 Å². The molecule has 0 saturated heterocycles. The molecule has 0 amide bonds. The summed E-state index contributed by atoms with van der Waals surface area (Å²) >= 11 is 12.8. The van der Waals surface area contributed by atoms with Crippen LogP contribution >= 0.6 is 23.2 Å². The lowest BCUT2D eigenvalue weighted by Crippen LogP contribution is -2.35. The van der Waals surface area contributed by atoms with Crippen LogP contribution in [0.15, 0.2) is 30.5 Å². The van der Waals surface area contributed by atoms with Crippen molar-refractivity contribution in [2.45, 2.75) is 25.5 Å². The van der Waals surface area contributed by atoms with Gasteiger partial charge >= 0.3 is 0 Å². The fourth-order valence-electron chi connectivity index (χ4n) is 3.05. The van der Waals surface area contributed by atoms with Crippen molar-refractivity contribution >= 4 is 49.4 Å². The minimum atomic E-state index is -4.00. The molecule has 1 aromatic heterocycles. The van der Waals surface area contributed by atoms with E-state index in [9.17, 15) is 13.5 Å². The number of aliphatic hydroxyl groups is 1. The van der Waals surface area contributed by atoms with Crippen molar-refractivity contribution in [2.24, 2.45) is 0 Å². The van der Waals surface area contributed by atoms with Crippen LogP contribution in [0.2, 0.25) is 10.0 Å². The van der Waals surface area contributed by atoms with Gasteiger partial charge in [-0.3, -0.25) is 4.98 Å². The summed E-state index contributed by atoms with van der Waals surface area (Å²) in [4.78, 5) is 3.88. The van der Waals surface area contributed by atoms with Gasteiger partial charge in [-0.15, -0.1) is 0 Å². The minimum absolute atomic E-state index is 0.0775. The Labute approximate surface area is 162 Å². The first kappa shape index (κ1) is 19.0. The minimum Gasteiger partial charge on any atom is -0.504 e. The number of nitrogens with zero attached hydrogens (tertiary/aromatic N) is 1. The van der Waals surface area contributed by atoms with Gasteiger partial charge in [0.25, 0.3) is 0 Å². The molecule has 138 valence electrons. The average molecular weight is 413 g/mol. The van der Waals surface area contributed by atoms with Gasteiger partial charge in [-0.25, -0.2) is 8.42 Å². The molecule has 8 heteroatoms. The number of sulfone groups is 1. The van der Waals surface area contributed by atoms with Crippen LogP contribution in [0.1, 0.15) is 37.6 Å². The molecule has 0 atom stereocenters. The number of hydrogen-bond acceptors (Lipinski definition) is 5. The maximum Gasteiger partial charge on any atom is 0.192 e. The van der Waals surface area contributed by atoms with Gasteiger partial charge in [0.05, 0.1) is 20.5 Å². The number of fused-ring (bicyclic) bond motifs is 1. The van der Waals surface area contributed by atoms with Crippen LogP contribution in [0.4, 0.5) is 5.69 Å². The summed E-state index contributed by atoms with van der Waals surface area (Å²) in [5, 5.41) is 14.1. The molecule has 1 aliphatic heterocycles. The van der Waals surface area contributed by atoms with E-state index in [0.29, 0.717) is 17.8 Å². The van der Waals surface area contributed by atoms with Crippen LogP contribution in [0, 0.1) is 0 Å². The van der Waals surface area contributed by atoms with Crippen molar-refractivity contribution < 1.29 is 13.5 Å².